The van der Waals surface area contributed by atoms with Gasteiger partial charge >= 0.3 is 6.03 Å². The molecule has 2 amide bonds. The van der Waals surface area contributed by atoms with Crippen molar-refractivity contribution in [1.82, 2.24) is 10.2 Å². The number of methoxy groups -OCH3 is 1. The predicted molar refractivity (Wildman–Crippen MR) is 73.1 cm³/mol. The molecule has 2 rings (SSSR count). The van der Waals surface area contributed by atoms with Gasteiger partial charge in [0.1, 0.15) is 6.23 Å². The Balaban J connectivity index is 1.96. The quantitative estimate of drug-likeness (QED) is 0.771. The summed E-state index contributed by atoms with van der Waals surface area (Å²) in [6.45, 7) is 1.42. The first-order valence-corrected chi connectivity index (χ1v) is 8.72. The lowest BCUT2D eigenvalue weighted by Gasteiger charge is -2.29. The van der Waals surface area contributed by atoms with Crippen LogP contribution in [0.2, 0.25) is 0 Å². The summed E-state index contributed by atoms with van der Waals surface area (Å²) >= 11 is 0. The van der Waals surface area contributed by atoms with Crippen molar-refractivity contribution < 1.29 is 22.7 Å². The maximum Gasteiger partial charge on any atom is 0.319 e. The second-order valence-corrected chi connectivity index (χ2v) is 7.42. The van der Waals surface area contributed by atoms with Gasteiger partial charge in [0.2, 0.25) is 0 Å². The highest BCUT2D eigenvalue weighted by Gasteiger charge is 2.35. The summed E-state index contributed by atoms with van der Waals surface area (Å²) in [4.78, 5) is 13.9. The number of amides is 2. The molecule has 2 aliphatic rings. The molecule has 0 saturated carbocycles. The fraction of sp³-hybridized carbons (Fsp3) is 0.917. The highest BCUT2D eigenvalue weighted by Crippen LogP contribution is 2.18. The van der Waals surface area contributed by atoms with Gasteiger partial charge in [0.15, 0.2) is 9.84 Å². The van der Waals surface area contributed by atoms with Crippen LogP contribution >= 0.6 is 0 Å². The van der Waals surface area contributed by atoms with Crippen molar-refractivity contribution >= 4 is 15.9 Å². The number of ether oxygens (including phenoxy) is 2. The molecule has 2 heterocycles. The highest BCUT2D eigenvalue weighted by atomic mass is 32.2. The van der Waals surface area contributed by atoms with Crippen molar-refractivity contribution in [2.45, 2.75) is 31.5 Å². The van der Waals surface area contributed by atoms with Gasteiger partial charge in [-0.15, -0.1) is 0 Å². The first-order valence-electron chi connectivity index (χ1n) is 6.90. The van der Waals surface area contributed by atoms with Gasteiger partial charge in [0, 0.05) is 26.3 Å². The molecule has 2 fully saturated rings. The molecule has 116 valence electrons. The summed E-state index contributed by atoms with van der Waals surface area (Å²) in [6, 6.07) is -0.535. The third kappa shape index (κ3) is 4.07. The van der Waals surface area contributed by atoms with Gasteiger partial charge in [0.05, 0.1) is 18.1 Å². The number of nitrogens with zero attached hydrogens (tertiary/aromatic N) is 1. The first kappa shape index (κ1) is 15.5. The molecule has 2 aliphatic heterocycles. The Morgan fingerprint density at radius 2 is 2.25 bits per heavy atom. The van der Waals surface area contributed by atoms with E-state index in [9.17, 15) is 13.2 Å². The van der Waals surface area contributed by atoms with Gasteiger partial charge < -0.3 is 19.7 Å². The van der Waals surface area contributed by atoms with E-state index in [1.165, 1.54) is 0 Å². The smallest absolute Gasteiger partial charge is 0.319 e. The Kier molecular flexibility index (Phi) is 5.22. The van der Waals surface area contributed by atoms with Crippen molar-refractivity contribution in [3.63, 3.8) is 0 Å². The second-order valence-electron chi connectivity index (χ2n) is 5.19. The van der Waals surface area contributed by atoms with E-state index in [0.717, 1.165) is 12.8 Å². The molecule has 0 spiro atoms. The highest BCUT2D eigenvalue weighted by molar-refractivity contribution is 7.91. The largest absolute Gasteiger partial charge is 0.383 e. The summed E-state index contributed by atoms with van der Waals surface area (Å²) in [7, 11) is -1.46. The molecule has 0 aromatic carbocycles. The zero-order chi connectivity index (χ0) is 14.6. The predicted octanol–water partition coefficient (Wildman–Crippen LogP) is -0.0320. The molecular formula is C12H22N2O5S. The summed E-state index contributed by atoms with van der Waals surface area (Å²) < 4.78 is 33.5. The monoisotopic (exact) mass is 306 g/mol. The van der Waals surface area contributed by atoms with E-state index in [1.807, 2.05) is 0 Å². The standard InChI is InChI=1S/C12H22N2O5S/c1-18-7-5-14(10-4-8-20(16,17)9-10)12(15)13-11-3-2-6-19-11/h10-11H,2-9H2,1H3,(H,13,15). The molecule has 2 atom stereocenters. The van der Waals surface area contributed by atoms with Crippen LogP contribution in [0, 0.1) is 0 Å². The molecule has 1 N–H and O–H groups in total. The van der Waals surface area contributed by atoms with Crippen LogP contribution in [0.3, 0.4) is 0 Å². The van der Waals surface area contributed by atoms with Crippen LogP contribution in [-0.4, -0.2) is 70.0 Å². The maximum absolute atomic E-state index is 12.3. The summed E-state index contributed by atoms with van der Waals surface area (Å²) in [5, 5.41) is 2.81. The van der Waals surface area contributed by atoms with Crippen LogP contribution in [0.4, 0.5) is 4.79 Å². The molecule has 20 heavy (non-hydrogen) atoms. The van der Waals surface area contributed by atoms with Crippen LogP contribution in [0.25, 0.3) is 0 Å². The van der Waals surface area contributed by atoms with Crippen LogP contribution in [0.15, 0.2) is 0 Å². The van der Waals surface area contributed by atoms with Crippen molar-refractivity contribution in [3.05, 3.63) is 0 Å². The lowest BCUT2D eigenvalue weighted by atomic mass is 10.2. The van der Waals surface area contributed by atoms with Gasteiger partial charge in [-0.25, -0.2) is 13.2 Å². The molecule has 2 saturated heterocycles. The van der Waals surface area contributed by atoms with E-state index in [0.29, 0.717) is 26.2 Å². The number of carbonyl (C=O) groups is 1. The molecule has 2 unspecified atom stereocenters. The van der Waals surface area contributed by atoms with E-state index < -0.39 is 9.84 Å². The number of urea groups is 1. The van der Waals surface area contributed by atoms with Crippen LogP contribution in [0.5, 0.6) is 0 Å². The number of hydrogen-bond acceptors (Lipinski definition) is 5. The normalized spacial score (nSPS) is 28.4. The number of hydrogen-bond donors (Lipinski definition) is 1. The minimum Gasteiger partial charge on any atom is -0.383 e. The molecule has 8 heteroatoms. The third-order valence-electron chi connectivity index (χ3n) is 3.66. The average molecular weight is 306 g/mol. The van der Waals surface area contributed by atoms with E-state index in [4.69, 9.17) is 9.47 Å². The SMILES string of the molecule is COCCN(C(=O)NC1CCCO1)C1CCS(=O)(=O)C1. The number of sulfone groups is 1. The second kappa shape index (κ2) is 6.73. The van der Waals surface area contributed by atoms with Gasteiger partial charge in [-0.1, -0.05) is 0 Å². The lowest BCUT2D eigenvalue weighted by molar-refractivity contribution is 0.0763. The Morgan fingerprint density at radius 1 is 1.45 bits per heavy atom. The van der Waals surface area contributed by atoms with Crippen molar-refractivity contribution in [1.29, 1.82) is 0 Å². The fourth-order valence-corrected chi connectivity index (χ4v) is 4.30. The van der Waals surface area contributed by atoms with Gasteiger partial charge in [0.25, 0.3) is 0 Å². The maximum atomic E-state index is 12.3. The van der Waals surface area contributed by atoms with Crippen LogP contribution in [0.1, 0.15) is 19.3 Å². The topological polar surface area (TPSA) is 84.9 Å². The molecule has 0 aliphatic carbocycles. The van der Waals surface area contributed by atoms with E-state index in [-0.39, 0.29) is 29.8 Å². The average Bonchev–Trinajstić information content (AvgIpc) is 3.00. The minimum atomic E-state index is -3.02. The first-order chi connectivity index (χ1) is 9.52. The van der Waals surface area contributed by atoms with Crippen LogP contribution in [-0.2, 0) is 19.3 Å². The molecule has 0 bridgehead atoms. The minimum absolute atomic E-state index is 0.0374. The van der Waals surface area contributed by atoms with E-state index in [2.05, 4.69) is 5.32 Å². The zero-order valence-corrected chi connectivity index (χ0v) is 12.5. The Bertz CT molecular complexity index is 433. The molecule has 0 aromatic rings. The molecule has 7 nitrogen and oxygen atoms in total. The number of nitrogens with one attached hydrogen (secondary N) is 1. The molecular weight excluding hydrogens is 284 g/mol. The summed E-state index contributed by atoms with van der Waals surface area (Å²) in [5.74, 6) is 0.185. The lowest BCUT2D eigenvalue weighted by Crippen LogP contribution is -2.50. The van der Waals surface area contributed by atoms with Crippen molar-refractivity contribution in [3.8, 4) is 0 Å². The third-order valence-corrected chi connectivity index (χ3v) is 5.41. The zero-order valence-electron chi connectivity index (χ0n) is 11.7. The Labute approximate surface area is 119 Å². The summed E-state index contributed by atoms with van der Waals surface area (Å²) in [5.41, 5.74) is 0. The van der Waals surface area contributed by atoms with E-state index >= 15 is 0 Å². The van der Waals surface area contributed by atoms with Gasteiger partial charge in [-0.05, 0) is 19.3 Å². The van der Waals surface area contributed by atoms with Crippen LogP contribution < -0.4 is 5.32 Å². The fourth-order valence-electron chi connectivity index (χ4n) is 2.57. The van der Waals surface area contributed by atoms with Crippen molar-refractivity contribution in [2.24, 2.45) is 0 Å². The number of rotatable bonds is 5. The Morgan fingerprint density at radius 3 is 2.80 bits per heavy atom. The van der Waals surface area contributed by atoms with Gasteiger partial charge in [-0.2, -0.15) is 0 Å². The van der Waals surface area contributed by atoms with E-state index in [1.54, 1.807) is 12.0 Å². The van der Waals surface area contributed by atoms with Crippen molar-refractivity contribution in [2.75, 3.05) is 38.4 Å². The molecule has 0 radical (unpaired) electrons. The molecule has 0 aromatic heterocycles. The number of carbonyl (C=O) groups excluding carboxylic acids is 1. The summed E-state index contributed by atoms with van der Waals surface area (Å²) in [6.07, 6.45) is 1.96. The van der Waals surface area contributed by atoms with Gasteiger partial charge in [-0.3, -0.25) is 0 Å². The Hall–Kier alpha value is -0.860.